The van der Waals surface area contributed by atoms with Crippen LogP contribution < -0.4 is 0 Å². The SMILES string of the molecule is O=C(O)CN(C(=O)c1cc(-c2ccc(Br)cc2)n[nH]1)C1CC1. The topological polar surface area (TPSA) is 86.3 Å². The van der Waals surface area contributed by atoms with Crippen LogP contribution in [0.25, 0.3) is 11.3 Å². The molecule has 1 saturated carbocycles. The molecule has 1 aromatic heterocycles. The van der Waals surface area contributed by atoms with Crippen LogP contribution in [0.5, 0.6) is 0 Å². The van der Waals surface area contributed by atoms with E-state index in [1.807, 2.05) is 24.3 Å². The summed E-state index contributed by atoms with van der Waals surface area (Å²) >= 11 is 3.37. The number of carboxylic acids is 1. The van der Waals surface area contributed by atoms with Gasteiger partial charge in [0.2, 0.25) is 0 Å². The average Bonchev–Trinajstić information content (AvgIpc) is 3.21. The van der Waals surface area contributed by atoms with Crippen LogP contribution in [0.15, 0.2) is 34.8 Å². The number of aliphatic carboxylic acids is 1. The lowest BCUT2D eigenvalue weighted by atomic mass is 10.1. The van der Waals surface area contributed by atoms with E-state index in [2.05, 4.69) is 26.1 Å². The van der Waals surface area contributed by atoms with E-state index in [9.17, 15) is 9.59 Å². The van der Waals surface area contributed by atoms with Crippen molar-refractivity contribution in [2.75, 3.05) is 6.54 Å². The number of hydrogen-bond acceptors (Lipinski definition) is 3. The molecule has 0 saturated heterocycles. The Hall–Kier alpha value is -2.15. The second kappa shape index (κ2) is 5.92. The maximum atomic E-state index is 12.4. The van der Waals surface area contributed by atoms with Crippen molar-refractivity contribution in [2.24, 2.45) is 0 Å². The number of hydrogen-bond donors (Lipinski definition) is 2. The summed E-state index contributed by atoms with van der Waals surface area (Å²) in [4.78, 5) is 24.7. The number of rotatable bonds is 5. The highest BCUT2D eigenvalue weighted by atomic mass is 79.9. The van der Waals surface area contributed by atoms with E-state index in [1.54, 1.807) is 6.07 Å². The first-order chi connectivity index (χ1) is 10.5. The number of amides is 1. The Labute approximate surface area is 135 Å². The molecule has 0 spiro atoms. The molecule has 1 aromatic carbocycles. The zero-order chi connectivity index (χ0) is 15.7. The predicted octanol–water partition coefficient (Wildman–Crippen LogP) is 2.53. The smallest absolute Gasteiger partial charge is 0.323 e. The minimum absolute atomic E-state index is 0.0306. The average molecular weight is 364 g/mol. The Morgan fingerprint density at radius 1 is 1.32 bits per heavy atom. The van der Waals surface area contributed by atoms with Gasteiger partial charge in [0.05, 0.1) is 5.69 Å². The van der Waals surface area contributed by atoms with Crippen LogP contribution in [0.1, 0.15) is 23.3 Å². The minimum atomic E-state index is -1.01. The quantitative estimate of drug-likeness (QED) is 0.854. The molecule has 1 amide bonds. The van der Waals surface area contributed by atoms with Crippen molar-refractivity contribution in [3.8, 4) is 11.3 Å². The Morgan fingerprint density at radius 3 is 2.59 bits per heavy atom. The highest BCUT2D eigenvalue weighted by molar-refractivity contribution is 9.10. The van der Waals surface area contributed by atoms with Gasteiger partial charge < -0.3 is 10.0 Å². The maximum Gasteiger partial charge on any atom is 0.323 e. The molecule has 0 unspecified atom stereocenters. The summed E-state index contributed by atoms with van der Waals surface area (Å²) in [6, 6.07) is 9.26. The molecule has 1 aliphatic rings. The van der Waals surface area contributed by atoms with Gasteiger partial charge in [-0.05, 0) is 31.0 Å². The Kier molecular flexibility index (Phi) is 3.98. The molecule has 1 heterocycles. The summed E-state index contributed by atoms with van der Waals surface area (Å²) in [5, 5.41) is 15.8. The van der Waals surface area contributed by atoms with Crippen LogP contribution >= 0.6 is 15.9 Å². The van der Waals surface area contributed by atoms with Gasteiger partial charge in [0, 0.05) is 16.1 Å². The predicted molar refractivity (Wildman–Crippen MR) is 83.4 cm³/mol. The molecule has 6 nitrogen and oxygen atoms in total. The van der Waals surface area contributed by atoms with E-state index in [1.165, 1.54) is 4.90 Å². The molecule has 7 heteroatoms. The van der Waals surface area contributed by atoms with Crippen LogP contribution in [-0.4, -0.2) is 44.7 Å². The van der Waals surface area contributed by atoms with E-state index in [-0.39, 0.29) is 18.5 Å². The number of carbonyl (C=O) groups excluding carboxylic acids is 1. The molecular formula is C15H14BrN3O3. The first kappa shape index (κ1) is 14.8. The fourth-order valence-corrected chi connectivity index (χ4v) is 2.52. The van der Waals surface area contributed by atoms with E-state index in [4.69, 9.17) is 5.11 Å². The van der Waals surface area contributed by atoms with E-state index in [0.717, 1.165) is 22.9 Å². The molecule has 0 bridgehead atoms. The molecule has 1 fully saturated rings. The lowest BCUT2D eigenvalue weighted by Crippen LogP contribution is -2.37. The van der Waals surface area contributed by atoms with E-state index >= 15 is 0 Å². The summed E-state index contributed by atoms with van der Waals surface area (Å²) < 4.78 is 0.962. The number of aromatic nitrogens is 2. The molecule has 2 N–H and O–H groups in total. The van der Waals surface area contributed by atoms with Gasteiger partial charge in [-0.3, -0.25) is 14.7 Å². The fraction of sp³-hybridized carbons (Fsp3) is 0.267. The summed E-state index contributed by atoms with van der Waals surface area (Å²) in [5.74, 6) is -1.33. The number of carboxylic acid groups (broad SMARTS) is 1. The summed E-state index contributed by atoms with van der Waals surface area (Å²) in [6.07, 6.45) is 1.71. The highest BCUT2D eigenvalue weighted by Gasteiger charge is 2.35. The lowest BCUT2D eigenvalue weighted by Gasteiger charge is -2.18. The second-order valence-corrected chi connectivity index (χ2v) is 6.15. The maximum absolute atomic E-state index is 12.4. The third kappa shape index (κ3) is 3.19. The van der Waals surface area contributed by atoms with Crippen LogP contribution in [0.4, 0.5) is 0 Å². The zero-order valence-corrected chi connectivity index (χ0v) is 13.2. The van der Waals surface area contributed by atoms with Crippen LogP contribution in [0.2, 0.25) is 0 Å². The summed E-state index contributed by atoms with van der Waals surface area (Å²) in [5.41, 5.74) is 1.85. The molecule has 2 aromatic rings. The van der Waals surface area contributed by atoms with Gasteiger partial charge in [0.15, 0.2) is 0 Å². The first-order valence-corrected chi connectivity index (χ1v) is 7.68. The van der Waals surface area contributed by atoms with E-state index in [0.29, 0.717) is 11.4 Å². The van der Waals surface area contributed by atoms with Gasteiger partial charge in [-0.15, -0.1) is 0 Å². The van der Waals surface area contributed by atoms with Crippen LogP contribution in [0, 0.1) is 0 Å². The number of nitrogens with zero attached hydrogens (tertiary/aromatic N) is 2. The molecule has 3 rings (SSSR count). The van der Waals surface area contributed by atoms with Crippen molar-refractivity contribution in [3.05, 3.63) is 40.5 Å². The van der Waals surface area contributed by atoms with Crippen LogP contribution in [0.3, 0.4) is 0 Å². The van der Waals surface area contributed by atoms with Crippen molar-refractivity contribution in [3.63, 3.8) is 0 Å². The molecular weight excluding hydrogens is 350 g/mol. The Bertz CT molecular complexity index is 707. The van der Waals surface area contributed by atoms with Crippen molar-refractivity contribution in [2.45, 2.75) is 18.9 Å². The molecule has 0 atom stereocenters. The third-order valence-corrected chi connectivity index (χ3v) is 4.03. The van der Waals surface area contributed by atoms with Gasteiger partial charge in [-0.1, -0.05) is 28.1 Å². The van der Waals surface area contributed by atoms with Crippen LogP contribution in [-0.2, 0) is 4.79 Å². The minimum Gasteiger partial charge on any atom is -0.480 e. The van der Waals surface area contributed by atoms with Gasteiger partial charge in [-0.25, -0.2) is 0 Å². The second-order valence-electron chi connectivity index (χ2n) is 5.23. The lowest BCUT2D eigenvalue weighted by molar-refractivity contribution is -0.137. The Balaban J connectivity index is 1.81. The van der Waals surface area contributed by atoms with Crippen molar-refractivity contribution in [1.82, 2.24) is 15.1 Å². The highest BCUT2D eigenvalue weighted by Crippen LogP contribution is 2.28. The molecule has 1 aliphatic carbocycles. The van der Waals surface area contributed by atoms with Crippen molar-refractivity contribution >= 4 is 27.8 Å². The standard InChI is InChI=1S/C15H14BrN3O3/c16-10-3-1-9(2-4-10)12-7-13(18-17-12)15(22)19(8-14(20)21)11-5-6-11/h1-4,7,11H,5-6,8H2,(H,17,18)(H,20,21). The number of benzene rings is 1. The molecule has 114 valence electrons. The van der Waals surface area contributed by atoms with Crippen molar-refractivity contribution in [1.29, 1.82) is 0 Å². The number of carbonyl (C=O) groups is 2. The first-order valence-electron chi connectivity index (χ1n) is 6.88. The normalized spacial score (nSPS) is 13.9. The number of halogens is 1. The summed E-state index contributed by atoms with van der Waals surface area (Å²) in [7, 11) is 0. The number of H-pyrrole nitrogens is 1. The largest absolute Gasteiger partial charge is 0.480 e. The van der Waals surface area contributed by atoms with Gasteiger partial charge >= 0.3 is 5.97 Å². The summed E-state index contributed by atoms with van der Waals surface area (Å²) in [6.45, 7) is -0.282. The van der Waals surface area contributed by atoms with Crippen molar-refractivity contribution < 1.29 is 14.7 Å². The monoisotopic (exact) mass is 363 g/mol. The van der Waals surface area contributed by atoms with Gasteiger partial charge in [-0.2, -0.15) is 5.10 Å². The molecule has 0 radical (unpaired) electrons. The van der Waals surface area contributed by atoms with Gasteiger partial charge in [0.25, 0.3) is 5.91 Å². The fourth-order valence-electron chi connectivity index (χ4n) is 2.25. The number of aromatic amines is 1. The third-order valence-electron chi connectivity index (χ3n) is 3.50. The zero-order valence-electron chi connectivity index (χ0n) is 11.6. The number of nitrogens with one attached hydrogen (secondary N) is 1. The van der Waals surface area contributed by atoms with Gasteiger partial charge in [0.1, 0.15) is 12.2 Å². The molecule has 22 heavy (non-hydrogen) atoms. The Morgan fingerprint density at radius 2 is 2.00 bits per heavy atom. The molecule has 0 aliphatic heterocycles. The van der Waals surface area contributed by atoms with E-state index < -0.39 is 5.97 Å².